The first-order valence-electron chi connectivity index (χ1n) is 7.19. The summed E-state index contributed by atoms with van der Waals surface area (Å²) < 4.78 is 10.3. The minimum atomic E-state index is -0.904. The molecule has 0 spiro atoms. The molecule has 0 radical (unpaired) electrons. The van der Waals surface area contributed by atoms with Gasteiger partial charge in [0, 0.05) is 5.56 Å². The standard InChI is InChI=1S/C18H12O5/c1-8-3-4-9(2)10(5-8)15-11-6-14-12(16(19)18(21)23-14)7-13(11)22-17(15)20/h3-7,15H,1-2H3. The Hall–Kier alpha value is -2.95. The number of esters is 2. The fourth-order valence-corrected chi connectivity index (χ4v) is 3.07. The van der Waals surface area contributed by atoms with Gasteiger partial charge in [-0.3, -0.25) is 9.59 Å². The van der Waals surface area contributed by atoms with E-state index < -0.39 is 23.6 Å². The zero-order chi connectivity index (χ0) is 16.3. The van der Waals surface area contributed by atoms with Crippen LogP contribution in [0.1, 0.15) is 38.5 Å². The van der Waals surface area contributed by atoms with Crippen LogP contribution in [0.3, 0.4) is 0 Å². The van der Waals surface area contributed by atoms with Crippen LogP contribution in [0.2, 0.25) is 0 Å². The first-order chi connectivity index (χ1) is 11.0. The molecule has 0 saturated carbocycles. The molecule has 0 aromatic heterocycles. The number of rotatable bonds is 1. The Labute approximate surface area is 131 Å². The minimum absolute atomic E-state index is 0.142. The molecule has 0 N–H and O–H groups in total. The van der Waals surface area contributed by atoms with Crippen LogP contribution in [0.15, 0.2) is 30.3 Å². The monoisotopic (exact) mass is 308 g/mol. The third-order valence-corrected chi connectivity index (χ3v) is 4.25. The Kier molecular flexibility index (Phi) is 2.69. The van der Waals surface area contributed by atoms with E-state index in [0.29, 0.717) is 11.3 Å². The van der Waals surface area contributed by atoms with E-state index in [9.17, 15) is 14.4 Å². The molecule has 2 heterocycles. The smallest absolute Gasteiger partial charge is 0.385 e. The van der Waals surface area contributed by atoms with Crippen LogP contribution in [0.4, 0.5) is 0 Å². The number of ketones is 1. The molecule has 0 amide bonds. The third-order valence-electron chi connectivity index (χ3n) is 4.25. The predicted molar refractivity (Wildman–Crippen MR) is 79.8 cm³/mol. The minimum Gasteiger partial charge on any atom is -0.425 e. The highest BCUT2D eigenvalue weighted by atomic mass is 16.6. The van der Waals surface area contributed by atoms with Crippen LogP contribution >= 0.6 is 0 Å². The second-order valence-electron chi connectivity index (χ2n) is 5.82. The normalized spacial score (nSPS) is 18.5. The van der Waals surface area contributed by atoms with Crippen molar-refractivity contribution in [1.29, 1.82) is 0 Å². The van der Waals surface area contributed by atoms with Gasteiger partial charge in [-0.25, -0.2) is 4.79 Å². The highest BCUT2D eigenvalue weighted by molar-refractivity contribution is 6.44. The summed E-state index contributed by atoms with van der Waals surface area (Å²) in [6, 6.07) is 8.85. The fraction of sp³-hybridized carbons (Fsp3) is 0.167. The van der Waals surface area contributed by atoms with Crippen molar-refractivity contribution < 1.29 is 23.9 Å². The number of hydrogen-bond donors (Lipinski definition) is 0. The summed E-state index contributed by atoms with van der Waals surface area (Å²) in [5, 5.41) is 0. The molecule has 5 heteroatoms. The number of benzene rings is 2. The quantitative estimate of drug-likeness (QED) is 0.460. The number of carbonyl (C=O) groups is 3. The van der Waals surface area contributed by atoms with E-state index in [2.05, 4.69) is 0 Å². The van der Waals surface area contributed by atoms with Crippen molar-refractivity contribution in [1.82, 2.24) is 0 Å². The summed E-state index contributed by atoms with van der Waals surface area (Å²) in [5.74, 6) is -2.09. The molecular formula is C18H12O5. The molecule has 23 heavy (non-hydrogen) atoms. The van der Waals surface area contributed by atoms with Gasteiger partial charge in [0.25, 0.3) is 5.78 Å². The molecule has 2 aromatic carbocycles. The van der Waals surface area contributed by atoms with Crippen molar-refractivity contribution in [2.45, 2.75) is 19.8 Å². The van der Waals surface area contributed by atoms with Gasteiger partial charge in [0.1, 0.15) is 17.4 Å². The Morgan fingerprint density at radius 2 is 1.65 bits per heavy atom. The van der Waals surface area contributed by atoms with E-state index in [0.717, 1.165) is 16.7 Å². The van der Waals surface area contributed by atoms with E-state index in [4.69, 9.17) is 9.47 Å². The van der Waals surface area contributed by atoms with Crippen molar-refractivity contribution in [2.24, 2.45) is 0 Å². The number of carbonyl (C=O) groups excluding carboxylic acids is 3. The molecule has 0 saturated heterocycles. The van der Waals surface area contributed by atoms with Gasteiger partial charge in [-0.15, -0.1) is 0 Å². The van der Waals surface area contributed by atoms with Gasteiger partial charge in [0.05, 0.1) is 5.56 Å². The SMILES string of the molecule is Cc1ccc(C)c(C2C(=O)Oc3cc4c(cc32)OC(=O)C4=O)c1. The lowest BCUT2D eigenvalue weighted by Gasteiger charge is -2.12. The molecule has 0 bridgehead atoms. The number of ether oxygens (including phenoxy) is 2. The van der Waals surface area contributed by atoms with E-state index in [1.54, 1.807) is 6.07 Å². The zero-order valence-electron chi connectivity index (χ0n) is 12.5. The summed E-state index contributed by atoms with van der Waals surface area (Å²) in [5.41, 5.74) is 3.62. The van der Waals surface area contributed by atoms with Gasteiger partial charge in [-0.1, -0.05) is 23.8 Å². The number of aryl methyl sites for hydroxylation is 2. The van der Waals surface area contributed by atoms with Crippen LogP contribution < -0.4 is 9.47 Å². The van der Waals surface area contributed by atoms with Gasteiger partial charge >= 0.3 is 11.9 Å². The van der Waals surface area contributed by atoms with Crippen LogP contribution in [0, 0.1) is 13.8 Å². The largest absolute Gasteiger partial charge is 0.425 e. The molecule has 2 aliphatic heterocycles. The Morgan fingerprint density at radius 1 is 0.870 bits per heavy atom. The van der Waals surface area contributed by atoms with Crippen LogP contribution in [-0.2, 0) is 9.59 Å². The second kappa shape index (κ2) is 4.52. The summed E-state index contributed by atoms with van der Waals surface area (Å²) in [6.45, 7) is 3.88. The second-order valence-corrected chi connectivity index (χ2v) is 5.82. The molecule has 0 aliphatic carbocycles. The Morgan fingerprint density at radius 3 is 2.43 bits per heavy atom. The molecule has 2 aliphatic rings. The maximum Gasteiger partial charge on any atom is 0.385 e. The third kappa shape index (κ3) is 1.90. The lowest BCUT2D eigenvalue weighted by molar-refractivity contribution is -0.133. The highest BCUT2D eigenvalue weighted by Gasteiger charge is 2.40. The molecule has 5 nitrogen and oxygen atoms in total. The average molecular weight is 308 g/mol. The first-order valence-corrected chi connectivity index (χ1v) is 7.19. The highest BCUT2D eigenvalue weighted by Crippen LogP contribution is 2.44. The van der Waals surface area contributed by atoms with Crippen molar-refractivity contribution in [3.05, 3.63) is 58.1 Å². The van der Waals surface area contributed by atoms with E-state index in [1.165, 1.54) is 6.07 Å². The summed E-state index contributed by atoms with van der Waals surface area (Å²) in [4.78, 5) is 35.5. The number of hydrogen-bond acceptors (Lipinski definition) is 5. The number of fused-ring (bicyclic) bond motifs is 2. The maximum atomic E-state index is 12.4. The molecule has 2 aromatic rings. The van der Waals surface area contributed by atoms with Gasteiger partial charge in [0.2, 0.25) is 0 Å². The summed E-state index contributed by atoms with van der Waals surface area (Å²) >= 11 is 0. The molecule has 4 rings (SSSR count). The van der Waals surface area contributed by atoms with Crippen molar-refractivity contribution in [3.8, 4) is 11.5 Å². The topological polar surface area (TPSA) is 69.7 Å². The van der Waals surface area contributed by atoms with Crippen LogP contribution in [-0.4, -0.2) is 17.7 Å². The van der Waals surface area contributed by atoms with Crippen molar-refractivity contribution in [2.75, 3.05) is 0 Å². The summed E-state index contributed by atoms with van der Waals surface area (Å²) in [7, 11) is 0. The lowest BCUT2D eigenvalue weighted by atomic mass is 9.88. The fourth-order valence-electron chi connectivity index (χ4n) is 3.07. The van der Waals surface area contributed by atoms with Crippen molar-refractivity contribution >= 4 is 17.7 Å². The molecule has 114 valence electrons. The van der Waals surface area contributed by atoms with Crippen molar-refractivity contribution in [3.63, 3.8) is 0 Å². The molecule has 0 fully saturated rings. The lowest BCUT2D eigenvalue weighted by Crippen LogP contribution is -2.13. The molecule has 1 atom stereocenters. The average Bonchev–Trinajstić information content (AvgIpc) is 2.96. The van der Waals surface area contributed by atoms with Gasteiger partial charge < -0.3 is 9.47 Å². The Balaban J connectivity index is 1.89. The van der Waals surface area contributed by atoms with Crippen LogP contribution in [0.5, 0.6) is 11.5 Å². The van der Waals surface area contributed by atoms with Crippen LogP contribution in [0.25, 0.3) is 0 Å². The van der Waals surface area contributed by atoms with E-state index >= 15 is 0 Å². The Bertz CT molecular complexity index is 910. The summed E-state index contributed by atoms with van der Waals surface area (Å²) in [6.07, 6.45) is 0. The van der Waals surface area contributed by atoms with E-state index in [-0.39, 0.29) is 11.3 Å². The molecular weight excluding hydrogens is 296 g/mol. The first kappa shape index (κ1) is 13.7. The van der Waals surface area contributed by atoms with E-state index in [1.807, 2.05) is 32.0 Å². The number of Topliss-reactive ketones (excluding diaryl/α,β-unsaturated/α-hetero) is 1. The zero-order valence-corrected chi connectivity index (χ0v) is 12.5. The van der Waals surface area contributed by atoms with Gasteiger partial charge in [-0.05, 0) is 37.1 Å². The van der Waals surface area contributed by atoms with Gasteiger partial charge in [0.15, 0.2) is 0 Å². The maximum absolute atomic E-state index is 12.4. The van der Waals surface area contributed by atoms with Gasteiger partial charge in [-0.2, -0.15) is 0 Å². The molecule has 1 unspecified atom stereocenters. The predicted octanol–water partition coefficient (Wildman–Crippen LogP) is 2.46.